The Balaban J connectivity index is 1.98. The summed E-state index contributed by atoms with van der Waals surface area (Å²) in [6.07, 6.45) is 10.2. The molecule has 1 nitrogen and oxygen atoms in total. The zero-order chi connectivity index (χ0) is 8.81. The van der Waals surface area contributed by atoms with E-state index in [4.69, 9.17) is 0 Å². The van der Waals surface area contributed by atoms with Crippen LogP contribution in [0.4, 0.5) is 0 Å². The van der Waals surface area contributed by atoms with E-state index in [0.717, 1.165) is 6.42 Å². The fraction of sp³-hybridized carbons (Fsp3) is 1.00. The molecule has 0 radical (unpaired) electrons. The molecule has 0 aromatic heterocycles. The van der Waals surface area contributed by atoms with Crippen LogP contribution >= 0.6 is 0 Å². The van der Waals surface area contributed by atoms with E-state index in [9.17, 15) is 5.11 Å². The summed E-state index contributed by atoms with van der Waals surface area (Å²) < 4.78 is 0. The van der Waals surface area contributed by atoms with Gasteiger partial charge < -0.3 is 5.11 Å². The van der Waals surface area contributed by atoms with Crippen LogP contribution in [0.15, 0.2) is 0 Å². The average molecular weight is 170 g/mol. The molecule has 0 saturated heterocycles. The molecule has 1 aliphatic rings. The van der Waals surface area contributed by atoms with Crippen molar-refractivity contribution >= 4 is 0 Å². The van der Waals surface area contributed by atoms with Crippen molar-refractivity contribution in [3.8, 4) is 0 Å². The third-order valence-electron chi connectivity index (χ3n) is 3.05. The molecular formula is C11H22O. The third-order valence-corrected chi connectivity index (χ3v) is 3.05. The summed E-state index contributed by atoms with van der Waals surface area (Å²) in [5.74, 6) is 0.641. The predicted octanol–water partition coefficient (Wildman–Crippen LogP) is 3.12. The number of aliphatic hydroxyl groups excluding tert-OH is 1. The van der Waals surface area contributed by atoms with Crippen LogP contribution in [0.2, 0.25) is 0 Å². The first-order valence-electron chi connectivity index (χ1n) is 5.52. The van der Waals surface area contributed by atoms with Crippen LogP contribution in [-0.4, -0.2) is 11.2 Å². The molecular weight excluding hydrogens is 148 g/mol. The second-order valence-corrected chi connectivity index (χ2v) is 4.11. The fourth-order valence-electron chi connectivity index (χ4n) is 2.19. The van der Waals surface area contributed by atoms with Gasteiger partial charge in [-0.1, -0.05) is 39.0 Å². The van der Waals surface area contributed by atoms with Crippen molar-refractivity contribution < 1.29 is 5.11 Å². The predicted molar refractivity (Wildman–Crippen MR) is 52.1 cm³/mol. The minimum atomic E-state index is 0.0339. The van der Waals surface area contributed by atoms with Crippen molar-refractivity contribution in [3.63, 3.8) is 0 Å². The highest BCUT2D eigenvalue weighted by atomic mass is 16.3. The monoisotopic (exact) mass is 170 g/mol. The van der Waals surface area contributed by atoms with E-state index >= 15 is 0 Å². The quantitative estimate of drug-likeness (QED) is 0.628. The van der Waals surface area contributed by atoms with E-state index in [-0.39, 0.29) is 6.10 Å². The summed E-state index contributed by atoms with van der Waals surface area (Å²) >= 11 is 0. The molecule has 1 saturated carbocycles. The van der Waals surface area contributed by atoms with Crippen molar-refractivity contribution in [1.29, 1.82) is 0 Å². The average Bonchev–Trinajstić information content (AvgIpc) is 2.46. The van der Waals surface area contributed by atoms with Gasteiger partial charge >= 0.3 is 0 Å². The Morgan fingerprint density at radius 1 is 1.17 bits per heavy atom. The van der Waals surface area contributed by atoms with Crippen molar-refractivity contribution in [2.45, 2.75) is 64.4 Å². The largest absolute Gasteiger partial charge is 0.393 e. The van der Waals surface area contributed by atoms with Crippen LogP contribution < -0.4 is 0 Å². The van der Waals surface area contributed by atoms with Gasteiger partial charge in [0.1, 0.15) is 0 Å². The summed E-state index contributed by atoms with van der Waals surface area (Å²) in [5.41, 5.74) is 0. The van der Waals surface area contributed by atoms with Crippen LogP contribution in [0.25, 0.3) is 0 Å². The zero-order valence-electron chi connectivity index (χ0n) is 8.26. The SMILES string of the molecule is CCCCCCC1CCCC1O. The number of hydrogen-bond donors (Lipinski definition) is 1. The van der Waals surface area contributed by atoms with E-state index in [1.54, 1.807) is 0 Å². The normalized spacial score (nSPS) is 29.5. The van der Waals surface area contributed by atoms with Gasteiger partial charge in [-0.3, -0.25) is 0 Å². The Morgan fingerprint density at radius 3 is 2.58 bits per heavy atom. The van der Waals surface area contributed by atoms with E-state index in [2.05, 4.69) is 6.92 Å². The molecule has 0 bridgehead atoms. The summed E-state index contributed by atoms with van der Waals surface area (Å²) in [5, 5.41) is 9.55. The second-order valence-electron chi connectivity index (χ2n) is 4.11. The molecule has 2 unspecified atom stereocenters. The molecule has 0 aromatic carbocycles. The molecule has 0 heterocycles. The lowest BCUT2D eigenvalue weighted by atomic mass is 9.98. The molecule has 1 aliphatic carbocycles. The number of rotatable bonds is 5. The van der Waals surface area contributed by atoms with Gasteiger partial charge in [0.05, 0.1) is 6.10 Å². The standard InChI is InChI=1S/C11H22O/c1-2-3-4-5-7-10-8-6-9-11(10)12/h10-12H,2-9H2,1H3. The van der Waals surface area contributed by atoms with Crippen LogP contribution in [0.3, 0.4) is 0 Å². The molecule has 0 spiro atoms. The minimum absolute atomic E-state index is 0.0339. The molecule has 1 rings (SSSR count). The van der Waals surface area contributed by atoms with Crippen LogP contribution in [-0.2, 0) is 0 Å². The molecule has 0 amide bonds. The highest BCUT2D eigenvalue weighted by Gasteiger charge is 2.23. The van der Waals surface area contributed by atoms with Crippen molar-refractivity contribution in [3.05, 3.63) is 0 Å². The van der Waals surface area contributed by atoms with Crippen molar-refractivity contribution in [1.82, 2.24) is 0 Å². The molecule has 1 fully saturated rings. The topological polar surface area (TPSA) is 20.2 Å². The highest BCUT2D eigenvalue weighted by Crippen LogP contribution is 2.29. The second kappa shape index (κ2) is 5.58. The van der Waals surface area contributed by atoms with E-state index < -0.39 is 0 Å². The summed E-state index contributed by atoms with van der Waals surface area (Å²) in [6.45, 7) is 2.24. The Kier molecular flexibility index (Phi) is 4.67. The first-order valence-corrected chi connectivity index (χ1v) is 5.52. The maximum atomic E-state index is 9.55. The van der Waals surface area contributed by atoms with Gasteiger partial charge in [0.25, 0.3) is 0 Å². The summed E-state index contributed by atoms with van der Waals surface area (Å²) in [6, 6.07) is 0. The van der Waals surface area contributed by atoms with Gasteiger partial charge in [-0.25, -0.2) is 0 Å². The first kappa shape index (κ1) is 10.0. The zero-order valence-corrected chi connectivity index (χ0v) is 8.26. The van der Waals surface area contributed by atoms with Crippen LogP contribution in [0.5, 0.6) is 0 Å². The smallest absolute Gasteiger partial charge is 0.0568 e. The molecule has 0 aromatic rings. The van der Waals surface area contributed by atoms with E-state index in [1.807, 2.05) is 0 Å². The summed E-state index contributed by atoms with van der Waals surface area (Å²) in [7, 11) is 0. The summed E-state index contributed by atoms with van der Waals surface area (Å²) in [4.78, 5) is 0. The maximum absolute atomic E-state index is 9.55. The van der Waals surface area contributed by atoms with Crippen molar-refractivity contribution in [2.24, 2.45) is 5.92 Å². The fourth-order valence-corrected chi connectivity index (χ4v) is 2.19. The van der Waals surface area contributed by atoms with Crippen molar-refractivity contribution in [2.75, 3.05) is 0 Å². The van der Waals surface area contributed by atoms with Gasteiger partial charge in [-0.2, -0.15) is 0 Å². The molecule has 1 N–H and O–H groups in total. The van der Waals surface area contributed by atoms with Gasteiger partial charge in [-0.15, -0.1) is 0 Å². The van der Waals surface area contributed by atoms with Gasteiger partial charge in [0.2, 0.25) is 0 Å². The maximum Gasteiger partial charge on any atom is 0.0568 e. The Hall–Kier alpha value is -0.0400. The lowest BCUT2D eigenvalue weighted by Crippen LogP contribution is -2.12. The lowest BCUT2D eigenvalue weighted by Gasteiger charge is -2.13. The third kappa shape index (κ3) is 3.14. The molecule has 1 heteroatoms. The Bertz CT molecular complexity index is 112. The Labute approximate surface area is 76.2 Å². The number of hydrogen-bond acceptors (Lipinski definition) is 1. The van der Waals surface area contributed by atoms with Crippen LogP contribution in [0, 0.1) is 5.92 Å². The van der Waals surface area contributed by atoms with Crippen LogP contribution in [0.1, 0.15) is 58.3 Å². The minimum Gasteiger partial charge on any atom is -0.393 e. The van der Waals surface area contributed by atoms with E-state index in [0.29, 0.717) is 5.92 Å². The molecule has 12 heavy (non-hydrogen) atoms. The molecule has 2 atom stereocenters. The highest BCUT2D eigenvalue weighted by molar-refractivity contribution is 4.76. The van der Waals surface area contributed by atoms with Gasteiger partial charge in [-0.05, 0) is 25.2 Å². The number of unbranched alkanes of at least 4 members (excludes halogenated alkanes) is 3. The first-order chi connectivity index (χ1) is 5.84. The number of aliphatic hydroxyl groups is 1. The van der Waals surface area contributed by atoms with Gasteiger partial charge in [0.15, 0.2) is 0 Å². The molecule has 72 valence electrons. The Morgan fingerprint density at radius 2 is 2.00 bits per heavy atom. The molecule has 0 aliphatic heterocycles. The lowest BCUT2D eigenvalue weighted by molar-refractivity contribution is 0.126. The van der Waals surface area contributed by atoms with Gasteiger partial charge in [0, 0.05) is 0 Å². The van der Waals surface area contributed by atoms with E-state index in [1.165, 1.54) is 44.9 Å².